The zero-order chi connectivity index (χ0) is 10.8. The molecule has 1 aliphatic rings. The molecule has 0 spiro atoms. The summed E-state index contributed by atoms with van der Waals surface area (Å²) in [7, 11) is 0. The largest absolute Gasteiger partial charge is 0.394 e. The summed E-state index contributed by atoms with van der Waals surface area (Å²) in [4.78, 5) is 0. The topological polar surface area (TPSA) is 50.9 Å². The van der Waals surface area contributed by atoms with Crippen LogP contribution in [0.2, 0.25) is 0 Å². The molecule has 4 heteroatoms. The second-order valence-electron chi connectivity index (χ2n) is 4.73. The van der Waals surface area contributed by atoms with Crippen molar-refractivity contribution in [1.82, 2.24) is 14.8 Å². The van der Waals surface area contributed by atoms with E-state index in [0.717, 1.165) is 37.3 Å². The van der Waals surface area contributed by atoms with Gasteiger partial charge in [0.05, 0.1) is 12.6 Å². The normalized spacial score (nSPS) is 20.7. The van der Waals surface area contributed by atoms with E-state index in [1.165, 1.54) is 0 Å². The molecule has 4 nitrogen and oxygen atoms in total. The Morgan fingerprint density at radius 1 is 1.47 bits per heavy atom. The lowest BCUT2D eigenvalue weighted by Gasteiger charge is -2.24. The lowest BCUT2D eigenvalue weighted by Crippen LogP contribution is -2.23. The van der Waals surface area contributed by atoms with E-state index in [-0.39, 0.29) is 12.6 Å². The van der Waals surface area contributed by atoms with E-state index in [1.54, 1.807) is 0 Å². The van der Waals surface area contributed by atoms with Gasteiger partial charge in [0.15, 0.2) is 0 Å². The zero-order valence-corrected chi connectivity index (χ0v) is 9.48. The van der Waals surface area contributed by atoms with Crippen molar-refractivity contribution in [2.75, 3.05) is 6.61 Å². The highest BCUT2D eigenvalue weighted by Crippen LogP contribution is 2.25. The van der Waals surface area contributed by atoms with Gasteiger partial charge >= 0.3 is 0 Å². The molecule has 1 unspecified atom stereocenters. The fraction of sp³-hybridized carbons (Fsp3) is 0.818. The number of aliphatic hydroxyl groups is 1. The van der Waals surface area contributed by atoms with Crippen LogP contribution in [0, 0.1) is 5.92 Å². The molecule has 0 amide bonds. The van der Waals surface area contributed by atoms with Crippen LogP contribution >= 0.6 is 0 Å². The number of hydrogen-bond acceptors (Lipinski definition) is 3. The maximum Gasteiger partial charge on any atom is 0.133 e. The van der Waals surface area contributed by atoms with Gasteiger partial charge in [0.1, 0.15) is 11.6 Å². The van der Waals surface area contributed by atoms with E-state index in [9.17, 15) is 5.11 Å². The quantitative estimate of drug-likeness (QED) is 0.817. The minimum absolute atomic E-state index is 0.204. The first-order valence-corrected chi connectivity index (χ1v) is 5.76. The smallest absolute Gasteiger partial charge is 0.133 e. The van der Waals surface area contributed by atoms with Crippen molar-refractivity contribution in [1.29, 1.82) is 0 Å². The number of fused-ring (bicyclic) bond motifs is 1. The Hall–Kier alpha value is -0.900. The second kappa shape index (κ2) is 4.31. The van der Waals surface area contributed by atoms with Crippen molar-refractivity contribution >= 4 is 0 Å². The number of aromatic nitrogens is 3. The van der Waals surface area contributed by atoms with Gasteiger partial charge in [0.2, 0.25) is 0 Å². The SMILES string of the molecule is CC(C)Cc1nnc2n1C(CO)CCC2. The Labute approximate surface area is 90.3 Å². The molecular formula is C11H19N3O. The lowest BCUT2D eigenvalue weighted by atomic mass is 10.0. The summed E-state index contributed by atoms with van der Waals surface area (Å²) in [5.41, 5.74) is 0. The van der Waals surface area contributed by atoms with Crippen molar-refractivity contribution < 1.29 is 5.11 Å². The molecule has 1 N–H and O–H groups in total. The molecule has 1 atom stereocenters. The Bertz CT molecular complexity index is 333. The molecule has 0 radical (unpaired) electrons. The summed E-state index contributed by atoms with van der Waals surface area (Å²) in [6.45, 7) is 4.56. The van der Waals surface area contributed by atoms with Gasteiger partial charge < -0.3 is 9.67 Å². The molecule has 2 rings (SSSR count). The molecule has 0 bridgehead atoms. The second-order valence-corrected chi connectivity index (χ2v) is 4.73. The van der Waals surface area contributed by atoms with Crippen LogP contribution in [0.3, 0.4) is 0 Å². The Kier molecular flexibility index (Phi) is 3.05. The summed E-state index contributed by atoms with van der Waals surface area (Å²) >= 11 is 0. The van der Waals surface area contributed by atoms with Crippen LogP contribution in [0.5, 0.6) is 0 Å². The first kappa shape index (κ1) is 10.6. The van der Waals surface area contributed by atoms with Gasteiger partial charge in [0, 0.05) is 12.8 Å². The lowest BCUT2D eigenvalue weighted by molar-refractivity contribution is 0.202. The molecule has 15 heavy (non-hydrogen) atoms. The van der Waals surface area contributed by atoms with Crippen LogP contribution in [0.15, 0.2) is 0 Å². The average molecular weight is 209 g/mol. The number of rotatable bonds is 3. The summed E-state index contributed by atoms with van der Waals surface area (Å²) in [6.07, 6.45) is 4.11. The number of nitrogens with zero attached hydrogens (tertiary/aromatic N) is 3. The van der Waals surface area contributed by atoms with Gasteiger partial charge in [-0.2, -0.15) is 0 Å². The maximum atomic E-state index is 9.34. The highest BCUT2D eigenvalue weighted by atomic mass is 16.3. The fourth-order valence-corrected chi connectivity index (χ4v) is 2.25. The summed E-state index contributed by atoms with van der Waals surface area (Å²) < 4.78 is 2.16. The average Bonchev–Trinajstić information content (AvgIpc) is 2.61. The molecule has 1 aliphatic heterocycles. The molecular weight excluding hydrogens is 190 g/mol. The number of aryl methyl sites for hydroxylation is 1. The first-order valence-electron chi connectivity index (χ1n) is 5.76. The molecule has 84 valence electrons. The third kappa shape index (κ3) is 2.04. The third-order valence-electron chi connectivity index (χ3n) is 2.94. The molecule has 0 fully saturated rings. The third-order valence-corrected chi connectivity index (χ3v) is 2.94. The van der Waals surface area contributed by atoms with Crippen molar-refractivity contribution in [2.24, 2.45) is 5.92 Å². The van der Waals surface area contributed by atoms with Crippen molar-refractivity contribution in [3.63, 3.8) is 0 Å². The molecule has 2 heterocycles. The van der Waals surface area contributed by atoms with Crippen molar-refractivity contribution in [3.8, 4) is 0 Å². The number of aliphatic hydroxyl groups excluding tert-OH is 1. The molecule has 1 aromatic heterocycles. The Balaban J connectivity index is 2.29. The Morgan fingerprint density at radius 2 is 2.27 bits per heavy atom. The van der Waals surface area contributed by atoms with Gasteiger partial charge in [-0.1, -0.05) is 13.8 Å². The standard InChI is InChI=1S/C11H19N3O/c1-8(2)6-11-13-12-10-5-3-4-9(7-15)14(10)11/h8-9,15H,3-7H2,1-2H3. The monoisotopic (exact) mass is 209 g/mol. The van der Waals surface area contributed by atoms with Crippen molar-refractivity contribution in [2.45, 2.75) is 45.6 Å². The molecule has 0 saturated carbocycles. The van der Waals surface area contributed by atoms with Crippen LogP contribution in [-0.4, -0.2) is 26.5 Å². The van der Waals surface area contributed by atoms with E-state index < -0.39 is 0 Å². The van der Waals surface area contributed by atoms with E-state index in [1.807, 2.05) is 0 Å². The van der Waals surface area contributed by atoms with Gasteiger partial charge in [0.25, 0.3) is 0 Å². The molecule has 0 aromatic carbocycles. The van der Waals surface area contributed by atoms with Crippen LogP contribution in [0.4, 0.5) is 0 Å². The van der Waals surface area contributed by atoms with Crippen LogP contribution in [0.1, 0.15) is 44.4 Å². The van der Waals surface area contributed by atoms with Gasteiger partial charge in [-0.25, -0.2) is 0 Å². The van der Waals surface area contributed by atoms with E-state index >= 15 is 0 Å². The van der Waals surface area contributed by atoms with Gasteiger partial charge in [-0.3, -0.25) is 0 Å². The number of hydrogen-bond donors (Lipinski definition) is 1. The van der Waals surface area contributed by atoms with Gasteiger partial charge in [-0.15, -0.1) is 10.2 Å². The predicted octanol–water partition coefficient (Wildman–Crippen LogP) is 1.35. The molecule has 1 aromatic rings. The van der Waals surface area contributed by atoms with E-state index in [2.05, 4.69) is 28.6 Å². The summed E-state index contributed by atoms with van der Waals surface area (Å²) in [5.74, 6) is 2.68. The van der Waals surface area contributed by atoms with E-state index in [4.69, 9.17) is 0 Å². The maximum absolute atomic E-state index is 9.34. The highest BCUT2D eigenvalue weighted by molar-refractivity contribution is 5.03. The van der Waals surface area contributed by atoms with Crippen LogP contribution in [-0.2, 0) is 12.8 Å². The zero-order valence-electron chi connectivity index (χ0n) is 9.48. The van der Waals surface area contributed by atoms with Crippen LogP contribution < -0.4 is 0 Å². The van der Waals surface area contributed by atoms with E-state index in [0.29, 0.717) is 5.92 Å². The van der Waals surface area contributed by atoms with Gasteiger partial charge in [-0.05, 0) is 18.8 Å². The molecule has 0 saturated heterocycles. The summed E-state index contributed by atoms with van der Waals surface area (Å²) in [6, 6.07) is 0.206. The van der Waals surface area contributed by atoms with Crippen LogP contribution in [0.25, 0.3) is 0 Å². The highest BCUT2D eigenvalue weighted by Gasteiger charge is 2.23. The predicted molar refractivity (Wildman–Crippen MR) is 57.6 cm³/mol. The minimum Gasteiger partial charge on any atom is -0.394 e. The first-order chi connectivity index (χ1) is 7.22. The summed E-state index contributed by atoms with van der Waals surface area (Å²) in [5, 5.41) is 17.8. The van der Waals surface area contributed by atoms with Crippen molar-refractivity contribution in [3.05, 3.63) is 11.6 Å². The molecule has 0 aliphatic carbocycles. The Morgan fingerprint density at radius 3 is 2.93 bits per heavy atom. The minimum atomic E-state index is 0.204. The fourth-order valence-electron chi connectivity index (χ4n) is 2.25.